The minimum atomic E-state index is 0.297. The van der Waals surface area contributed by atoms with Crippen LogP contribution in [0, 0.1) is 11.3 Å². The van der Waals surface area contributed by atoms with Crippen molar-refractivity contribution in [1.29, 1.82) is 5.26 Å². The van der Waals surface area contributed by atoms with E-state index in [1.165, 1.54) is 0 Å². The van der Waals surface area contributed by atoms with Crippen molar-refractivity contribution < 1.29 is 13.9 Å². The molecule has 0 aliphatic carbocycles. The first-order valence-corrected chi connectivity index (χ1v) is 7.00. The van der Waals surface area contributed by atoms with Crippen LogP contribution < -0.4 is 9.47 Å². The van der Waals surface area contributed by atoms with Crippen LogP contribution in [-0.4, -0.2) is 12.1 Å². The molecule has 0 saturated heterocycles. The zero-order valence-electron chi connectivity index (χ0n) is 12.5. The highest BCUT2D eigenvalue weighted by Crippen LogP contribution is 2.22. The number of hydrogen-bond acceptors (Lipinski definition) is 5. The van der Waals surface area contributed by atoms with Crippen LogP contribution in [-0.2, 0) is 6.61 Å². The molecule has 0 aliphatic rings. The lowest BCUT2D eigenvalue weighted by atomic mass is 10.2. The molecule has 5 nitrogen and oxygen atoms in total. The molecular formula is C18H14N2O3. The standard InChI is InChI=1S/C18H14N2O3/c1-21-16-8-4-14(5-9-16)18-20-15(12-23-18)11-22-17-6-2-13(10-19)3-7-17/h2-9,12H,11H2,1H3. The van der Waals surface area contributed by atoms with Gasteiger partial charge in [-0.15, -0.1) is 0 Å². The molecule has 0 N–H and O–H groups in total. The SMILES string of the molecule is COc1ccc(-c2nc(COc3ccc(C#N)cc3)co2)cc1. The van der Waals surface area contributed by atoms with Crippen molar-refractivity contribution >= 4 is 0 Å². The second kappa shape index (κ2) is 6.67. The van der Waals surface area contributed by atoms with E-state index >= 15 is 0 Å². The Morgan fingerprint density at radius 1 is 1.04 bits per heavy atom. The van der Waals surface area contributed by atoms with Gasteiger partial charge in [0.25, 0.3) is 0 Å². The monoisotopic (exact) mass is 306 g/mol. The first-order valence-electron chi connectivity index (χ1n) is 7.00. The van der Waals surface area contributed by atoms with Crippen molar-refractivity contribution in [3.05, 3.63) is 66.1 Å². The molecule has 0 atom stereocenters. The van der Waals surface area contributed by atoms with E-state index in [1.54, 1.807) is 37.6 Å². The molecule has 5 heteroatoms. The summed E-state index contributed by atoms with van der Waals surface area (Å²) in [6.07, 6.45) is 1.57. The summed E-state index contributed by atoms with van der Waals surface area (Å²) in [4.78, 5) is 4.40. The van der Waals surface area contributed by atoms with Crippen LogP contribution >= 0.6 is 0 Å². The van der Waals surface area contributed by atoms with Crippen LogP contribution in [0.2, 0.25) is 0 Å². The molecule has 0 aliphatic heterocycles. The molecule has 114 valence electrons. The summed E-state index contributed by atoms with van der Waals surface area (Å²) >= 11 is 0. The highest BCUT2D eigenvalue weighted by Gasteiger charge is 2.07. The van der Waals surface area contributed by atoms with Gasteiger partial charge in [0, 0.05) is 5.56 Å². The Morgan fingerprint density at radius 2 is 1.74 bits per heavy atom. The molecule has 0 spiro atoms. The van der Waals surface area contributed by atoms with Crippen LogP contribution in [0.4, 0.5) is 0 Å². The molecule has 2 aromatic carbocycles. The van der Waals surface area contributed by atoms with Crippen LogP contribution in [0.15, 0.2) is 59.2 Å². The molecule has 0 saturated carbocycles. The van der Waals surface area contributed by atoms with Crippen LogP contribution in [0.5, 0.6) is 11.5 Å². The molecule has 1 heterocycles. The highest BCUT2D eigenvalue weighted by atomic mass is 16.5. The first-order chi connectivity index (χ1) is 11.3. The van der Waals surface area contributed by atoms with E-state index in [0.29, 0.717) is 29.5 Å². The van der Waals surface area contributed by atoms with Gasteiger partial charge in [0.2, 0.25) is 5.89 Å². The summed E-state index contributed by atoms with van der Waals surface area (Å²) in [6.45, 7) is 0.297. The Hall–Kier alpha value is -3.26. The predicted molar refractivity (Wildman–Crippen MR) is 84.0 cm³/mol. The molecule has 0 radical (unpaired) electrons. The summed E-state index contributed by atoms with van der Waals surface area (Å²) in [7, 11) is 1.62. The number of ether oxygens (including phenoxy) is 2. The third kappa shape index (κ3) is 3.50. The topological polar surface area (TPSA) is 68.3 Å². The van der Waals surface area contributed by atoms with E-state index in [1.807, 2.05) is 24.3 Å². The number of rotatable bonds is 5. The molecule has 0 bridgehead atoms. The molecule has 0 unspecified atom stereocenters. The third-order valence-electron chi connectivity index (χ3n) is 3.26. The van der Waals surface area contributed by atoms with Gasteiger partial charge in [0.05, 0.1) is 18.7 Å². The number of nitrogens with zero attached hydrogens (tertiary/aromatic N) is 2. The van der Waals surface area contributed by atoms with Gasteiger partial charge in [-0.25, -0.2) is 4.98 Å². The molecular weight excluding hydrogens is 292 g/mol. The largest absolute Gasteiger partial charge is 0.497 e. The average molecular weight is 306 g/mol. The summed E-state index contributed by atoms with van der Waals surface area (Å²) < 4.78 is 16.2. The highest BCUT2D eigenvalue weighted by molar-refractivity contribution is 5.54. The third-order valence-corrected chi connectivity index (χ3v) is 3.26. The zero-order chi connectivity index (χ0) is 16.1. The number of methoxy groups -OCH3 is 1. The van der Waals surface area contributed by atoms with E-state index in [2.05, 4.69) is 11.1 Å². The van der Waals surface area contributed by atoms with Crippen molar-refractivity contribution in [2.45, 2.75) is 6.61 Å². The number of hydrogen-bond donors (Lipinski definition) is 0. The van der Waals surface area contributed by atoms with E-state index in [4.69, 9.17) is 19.2 Å². The number of aromatic nitrogens is 1. The second-order valence-corrected chi connectivity index (χ2v) is 4.80. The number of benzene rings is 2. The predicted octanol–water partition coefficient (Wildman–Crippen LogP) is 3.80. The normalized spacial score (nSPS) is 10.1. The first kappa shape index (κ1) is 14.7. The fraction of sp³-hybridized carbons (Fsp3) is 0.111. The van der Waals surface area contributed by atoms with Crippen LogP contribution in [0.1, 0.15) is 11.3 Å². The van der Waals surface area contributed by atoms with Crippen molar-refractivity contribution in [1.82, 2.24) is 4.98 Å². The maximum Gasteiger partial charge on any atom is 0.226 e. The smallest absolute Gasteiger partial charge is 0.226 e. The molecule has 3 aromatic rings. The Balaban J connectivity index is 1.65. The van der Waals surface area contributed by atoms with Gasteiger partial charge < -0.3 is 13.9 Å². The van der Waals surface area contributed by atoms with Crippen molar-refractivity contribution in [2.24, 2.45) is 0 Å². The molecule has 3 rings (SSSR count). The van der Waals surface area contributed by atoms with Gasteiger partial charge in [-0.1, -0.05) is 0 Å². The Kier molecular flexibility index (Phi) is 4.25. The van der Waals surface area contributed by atoms with E-state index < -0.39 is 0 Å². The molecule has 23 heavy (non-hydrogen) atoms. The van der Waals surface area contributed by atoms with Gasteiger partial charge in [-0.05, 0) is 48.5 Å². The Bertz CT molecular complexity index is 815. The Morgan fingerprint density at radius 3 is 2.39 bits per heavy atom. The maximum atomic E-state index is 8.76. The van der Waals surface area contributed by atoms with Gasteiger partial charge >= 0.3 is 0 Å². The van der Waals surface area contributed by atoms with Crippen LogP contribution in [0.3, 0.4) is 0 Å². The minimum absolute atomic E-state index is 0.297. The molecule has 1 aromatic heterocycles. The van der Waals surface area contributed by atoms with Crippen molar-refractivity contribution in [2.75, 3.05) is 7.11 Å². The fourth-order valence-electron chi connectivity index (χ4n) is 2.02. The lowest BCUT2D eigenvalue weighted by Gasteiger charge is -2.03. The van der Waals surface area contributed by atoms with Crippen LogP contribution in [0.25, 0.3) is 11.5 Å². The fourth-order valence-corrected chi connectivity index (χ4v) is 2.02. The van der Waals surface area contributed by atoms with E-state index in [9.17, 15) is 0 Å². The summed E-state index contributed by atoms with van der Waals surface area (Å²) in [5, 5.41) is 8.76. The summed E-state index contributed by atoms with van der Waals surface area (Å²) in [5.41, 5.74) is 2.16. The van der Waals surface area contributed by atoms with Crippen molar-refractivity contribution in [3.8, 4) is 29.0 Å². The Labute approximate surface area is 133 Å². The summed E-state index contributed by atoms with van der Waals surface area (Å²) in [5.74, 6) is 1.99. The van der Waals surface area contributed by atoms with Gasteiger partial charge in [0.1, 0.15) is 30.1 Å². The van der Waals surface area contributed by atoms with Gasteiger partial charge in [-0.2, -0.15) is 5.26 Å². The van der Waals surface area contributed by atoms with E-state index in [0.717, 1.165) is 11.3 Å². The van der Waals surface area contributed by atoms with Gasteiger partial charge in [0.15, 0.2) is 0 Å². The second-order valence-electron chi connectivity index (χ2n) is 4.80. The van der Waals surface area contributed by atoms with Crippen molar-refractivity contribution in [3.63, 3.8) is 0 Å². The zero-order valence-corrected chi connectivity index (χ0v) is 12.5. The molecule has 0 amide bonds. The molecule has 0 fully saturated rings. The summed E-state index contributed by atoms with van der Waals surface area (Å²) in [6, 6.07) is 16.5. The van der Waals surface area contributed by atoms with Gasteiger partial charge in [-0.3, -0.25) is 0 Å². The number of oxazole rings is 1. The maximum absolute atomic E-state index is 8.76. The lowest BCUT2D eigenvalue weighted by molar-refractivity contribution is 0.301. The average Bonchev–Trinajstić information content (AvgIpc) is 3.09. The van der Waals surface area contributed by atoms with E-state index in [-0.39, 0.29) is 0 Å². The lowest BCUT2D eigenvalue weighted by Crippen LogP contribution is -1.95. The number of nitriles is 1. The minimum Gasteiger partial charge on any atom is -0.497 e. The quantitative estimate of drug-likeness (QED) is 0.717.